The molecule has 0 saturated carbocycles. The van der Waals surface area contributed by atoms with Crippen LogP contribution in [-0.4, -0.2) is 18.3 Å². The molecule has 144 valence electrons. The summed E-state index contributed by atoms with van der Waals surface area (Å²) in [6.07, 6.45) is 0. The largest absolute Gasteiger partial charge is 0.494 e. The fourth-order valence-corrected chi connectivity index (χ4v) is 4.22. The number of furan rings is 2. The maximum atomic E-state index is 6.23. The molecule has 4 nitrogen and oxygen atoms in total. The molecule has 0 bridgehead atoms. The molecule has 3 heterocycles. The van der Waals surface area contributed by atoms with Crippen LogP contribution in [0.4, 0.5) is 0 Å². The van der Waals surface area contributed by atoms with E-state index >= 15 is 0 Å². The Bertz CT molecular complexity index is 1410. The minimum absolute atomic E-state index is 0.373. The number of hydrogen-bond donors (Lipinski definition) is 0. The van der Waals surface area contributed by atoms with Gasteiger partial charge in [0.05, 0.1) is 11.2 Å². The molecule has 5 heteroatoms. The Kier molecular flexibility index (Phi) is 3.21. The molecule has 2 aromatic heterocycles. The summed E-state index contributed by atoms with van der Waals surface area (Å²) in [6, 6.07) is 18.3. The Morgan fingerprint density at radius 1 is 0.621 bits per heavy atom. The standard InChI is InChI=1S/C24H21BO4/c1-23(2)24(3,4)29-25(28-23)14-9-10-16-20(13-14)27-19-12-11-18-21(22(16)19)15-7-5-6-8-17(15)26-18/h5-13H,1-4H3. The lowest BCUT2D eigenvalue weighted by atomic mass is 9.79. The lowest BCUT2D eigenvalue weighted by Gasteiger charge is -2.32. The van der Waals surface area contributed by atoms with Crippen molar-refractivity contribution < 1.29 is 18.1 Å². The predicted molar refractivity (Wildman–Crippen MR) is 117 cm³/mol. The lowest BCUT2D eigenvalue weighted by Crippen LogP contribution is -2.41. The van der Waals surface area contributed by atoms with Gasteiger partial charge in [-0.15, -0.1) is 0 Å². The van der Waals surface area contributed by atoms with Crippen LogP contribution in [0.1, 0.15) is 27.7 Å². The van der Waals surface area contributed by atoms with Crippen molar-refractivity contribution in [2.75, 3.05) is 0 Å². The Hall–Kier alpha value is -2.76. The van der Waals surface area contributed by atoms with Gasteiger partial charge >= 0.3 is 7.12 Å². The van der Waals surface area contributed by atoms with E-state index in [-0.39, 0.29) is 11.2 Å². The van der Waals surface area contributed by atoms with Crippen molar-refractivity contribution >= 4 is 56.5 Å². The summed E-state index contributed by atoms with van der Waals surface area (Å²) in [7, 11) is -0.410. The van der Waals surface area contributed by atoms with E-state index in [1.165, 1.54) is 0 Å². The first-order valence-electron chi connectivity index (χ1n) is 9.96. The molecule has 1 fully saturated rings. The van der Waals surface area contributed by atoms with E-state index in [4.69, 9.17) is 18.1 Å². The minimum atomic E-state index is -0.410. The summed E-state index contributed by atoms with van der Waals surface area (Å²) in [5.74, 6) is 0. The van der Waals surface area contributed by atoms with E-state index in [1.54, 1.807) is 0 Å². The molecule has 0 amide bonds. The van der Waals surface area contributed by atoms with Gasteiger partial charge in [0.2, 0.25) is 0 Å². The monoisotopic (exact) mass is 384 g/mol. The molecule has 0 N–H and O–H groups in total. The maximum absolute atomic E-state index is 6.23. The highest BCUT2D eigenvalue weighted by Gasteiger charge is 2.51. The van der Waals surface area contributed by atoms with Crippen LogP contribution in [0.2, 0.25) is 0 Å². The first-order chi connectivity index (χ1) is 13.8. The van der Waals surface area contributed by atoms with Gasteiger partial charge in [0.1, 0.15) is 22.3 Å². The molecule has 1 aliphatic rings. The molecule has 0 radical (unpaired) electrons. The van der Waals surface area contributed by atoms with Crippen molar-refractivity contribution in [2.24, 2.45) is 0 Å². The Balaban J connectivity index is 1.57. The Morgan fingerprint density at radius 3 is 1.90 bits per heavy atom. The van der Waals surface area contributed by atoms with Gasteiger partial charge in [-0.3, -0.25) is 0 Å². The molecule has 1 saturated heterocycles. The van der Waals surface area contributed by atoms with Crippen LogP contribution < -0.4 is 5.46 Å². The molecule has 5 aromatic rings. The fraction of sp³-hybridized carbons (Fsp3) is 0.250. The van der Waals surface area contributed by atoms with Crippen LogP contribution in [0.25, 0.3) is 43.9 Å². The number of hydrogen-bond acceptors (Lipinski definition) is 4. The molecule has 0 unspecified atom stereocenters. The first-order valence-corrected chi connectivity index (χ1v) is 9.96. The number of benzene rings is 3. The van der Waals surface area contributed by atoms with E-state index in [9.17, 15) is 0 Å². The van der Waals surface area contributed by atoms with Gasteiger partial charge in [-0.2, -0.15) is 0 Å². The third-order valence-electron chi connectivity index (χ3n) is 6.53. The Morgan fingerprint density at radius 2 is 1.21 bits per heavy atom. The summed E-state index contributed by atoms with van der Waals surface area (Å²) in [4.78, 5) is 0. The summed E-state index contributed by atoms with van der Waals surface area (Å²) < 4.78 is 24.7. The molecular formula is C24H21BO4. The van der Waals surface area contributed by atoms with Crippen molar-refractivity contribution in [3.63, 3.8) is 0 Å². The zero-order chi connectivity index (χ0) is 20.0. The van der Waals surface area contributed by atoms with Crippen molar-refractivity contribution in [1.82, 2.24) is 0 Å². The second-order valence-electron chi connectivity index (χ2n) is 8.86. The van der Waals surface area contributed by atoms with Crippen molar-refractivity contribution in [1.29, 1.82) is 0 Å². The number of para-hydroxylation sites is 1. The smallest absolute Gasteiger partial charge is 0.456 e. The Labute approximate surface area is 168 Å². The predicted octanol–water partition coefficient (Wildman–Crippen LogP) is 5.78. The van der Waals surface area contributed by atoms with Crippen molar-refractivity contribution in [2.45, 2.75) is 38.9 Å². The molecule has 29 heavy (non-hydrogen) atoms. The average molecular weight is 384 g/mol. The normalized spacial score (nSPS) is 18.6. The van der Waals surface area contributed by atoms with Gasteiger partial charge in [0.15, 0.2) is 0 Å². The number of rotatable bonds is 1. The highest BCUT2D eigenvalue weighted by atomic mass is 16.7. The molecule has 3 aromatic carbocycles. The van der Waals surface area contributed by atoms with E-state index in [0.717, 1.165) is 49.3 Å². The van der Waals surface area contributed by atoms with Crippen molar-refractivity contribution in [3.05, 3.63) is 54.6 Å². The van der Waals surface area contributed by atoms with Crippen molar-refractivity contribution in [3.8, 4) is 0 Å². The SMILES string of the molecule is CC1(C)OB(c2ccc3c(c2)oc2ccc4oc5ccccc5c4c23)OC1(C)C. The van der Waals surface area contributed by atoms with Crippen LogP contribution in [0, 0.1) is 0 Å². The quantitative estimate of drug-likeness (QED) is 0.344. The molecule has 6 rings (SSSR count). The minimum Gasteiger partial charge on any atom is -0.456 e. The summed E-state index contributed by atoms with van der Waals surface area (Å²) >= 11 is 0. The van der Waals surface area contributed by atoms with E-state index < -0.39 is 7.12 Å². The van der Waals surface area contributed by atoms with Gasteiger partial charge in [-0.25, -0.2) is 0 Å². The molecule has 0 atom stereocenters. The summed E-state index contributed by atoms with van der Waals surface area (Å²) in [5.41, 5.74) is 3.65. The summed E-state index contributed by atoms with van der Waals surface area (Å²) in [6.45, 7) is 8.25. The lowest BCUT2D eigenvalue weighted by molar-refractivity contribution is 0.00578. The van der Waals surface area contributed by atoms with Gasteiger partial charge in [0, 0.05) is 21.5 Å². The van der Waals surface area contributed by atoms with Gasteiger partial charge in [-0.1, -0.05) is 30.3 Å². The second kappa shape index (κ2) is 5.44. The maximum Gasteiger partial charge on any atom is 0.494 e. The number of fused-ring (bicyclic) bond motifs is 7. The third kappa shape index (κ3) is 2.29. The molecular weight excluding hydrogens is 363 g/mol. The van der Waals surface area contributed by atoms with E-state index in [0.29, 0.717) is 0 Å². The molecule has 0 aliphatic carbocycles. The third-order valence-corrected chi connectivity index (χ3v) is 6.53. The van der Waals surface area contributed by atoms with Gasteiger partial charge in [-0.05, 0) is 57.4 Å². The van der Waals surface area contributed by atoms with Crippen LogP contribution in [0.3, 0.4) is 0 Å². The highest BCUT2D eigenvalue weighted by molar-refractivity contribution is 6.62. The average Bonchev–Trinajstić information content (AvgIpc) is 3.29. The molecule has 1 aliphatic heterocycles. The zero-order valence-electron chi connectivity index (χ0n) is 16.9. The van der Waals surface area contributed by atoms with Crippen LogP contribution in [0.5, 0.6) is 0 Å². The van der Waals surface area contributed by atoms with Gasteiger partial charge in [0.25, 0.3) is 0 Å². The van der Waals surface area contributed by atoms with E-state index in [1.807, 2.05) is 36.4 Å². The summed E-state index contributed by atoms with van der Waals surface area (Å²) in [5, 5.41) is 4.35. The van der Waals surface area contributed by atoms with E-state index in [2.05, 4.69) is 45.9 Å². The fourth-order valence-electron chi connectivity index (χ4n) is 4.22. The topological polar surface area (TPSA) is 44.7 Å². The van der Waals surface area contributed by atoms with Crippen LogP contribution in [-0.2, 0) is 9.31 Å². The van der Waals surface area contributed by atoms with Crippen LogP contribution >= 0.6 is 0 Å². The van der Waals surface area contributed by atoms with Gasteiger partial charge < -0.3 is 18.1 Å². The second-order valence-corrected chi connectivity index (χ2v) is 8.86. The zero-order valence-corrected chi connectivity index (χ0v) is 16.9. The first kappa shape index (κ1) is 17.1. The van der Waals surface area contributed by atoms with Crippen LogP contribution in [0.15, 0.2) is 63.4 Å². The highest BCUT2D eigenvalue weighted by Crippen LogP contribution is 2.40. The molecule has 0 spiro atoms.